The summed E-state index contributed by atoms with van der Waals surface area (Å²) in [5.41, 5.74) is 3.86. The van der Waals surface area contributed by atoms with Crippen molar-refractivity contribution >= 4 is 11.6 Å². The van der Waals surface area contributed by atoms with E-state index in [-0.39, 0.29) is 12.5 Å². The molecule has 0 bridgehead atoms. The van der Waals surface area contributed by atoms with Crippen LogP contribution < -0.4 is 15.0 Å². The number of fused-ring (bicyclic) bond motifs is 1. The maximum atomic E-state index is 12.3. The number of carbonyl (C=O) groups excluding carboxylic acids is 1. The molecule has 1 heterocycles. The molecular formula is C22H28N2O3. The fourth-order valence-corrected chi connectivity index (χ4v) is 3.24. The Kier molecular flexibility index (Phi) is 6.35. The molecule has 0 saturated carbocycles. The first kappa shape index (κ1) is 19.2. The van der Waals surface area contributed by atoms with E-state index in [1.165, 1.54) is 11.3 Å². The van der Waals surface area contributed by atoms with Crippen molar-refractivity contribution in [1.82, 2.24) is 5.32 Å². The predicted octanol–water partition coefficient (Wildman–Crippen LogP) is 3.32. The van der Waals surface area contributed by atoms with E-state index in [2.05, 4.69) is 24.2 Å². The molecule has 0 aromatic heterocycles. The third-order valence-corrected chi connectivity index (χ3v) is 4.96. The Labute approximate surface area is 161 Å². The van der Waals surface area contributed by atoms with Crippen LogP contribution >= 0.6 is 0 Å². The lowest BCUT2D eigenvalue weighted by Crippen LogP contribution is -2.28. The normalized spacial score (nSPS) is 14.0. The summed E-state index contributed by atoms with van der Waals surface area (Å²) >= 11 is 0. The molecule has 5 heteroatoms. The Morgan fingerprint density at radius 3 is 2.78 bits per heavy atom. The number of carbonyl (C=O) groups is 1. The number of unbranched alkanes of at least 4 members (excludes halogenated alkanes) is 1. The summed E-state index contributed by atoms with van der Waals surface area (Å²) in [5, 5.41) is 13.2. The number of anilines is 1. The summed E-state index contributed by atoms with van der Waals surface area (Å²) in [5.74, 6) is 0.568. The fraction of sp³-hybridized carbons (Fsp3) is 0.409. The zero-order chi connectivity index (χ0) is 19.2. The van der Waals surface area contributed by atoms with E-state index < -0.39 is 6.10 Å². The second kappa shape index (κ2) is 8.91. The molecule has 5 nitrogen and oxygen atoms in total. The number of nitrogens with one attached hydrogen (secondary N) is 1. The first-order valence-corrected chi connectivity index (χ1v) is 9.61. The molecule has 0 spiro atoms. The number of aliphatic hydroxyl groups excluding tert-OH is 1. The highest BCUT2D eigenvalue weighted by atomic mass is 16.5. The average molecular weight is 368 g/mol. The molecule has 0 radical (unpaired) electrons. The van der Waals surface area contributed by atoms with Gasteiger partial charge in [-0.2, -0.15) is 0 Å². The van der Waals surface area contributed by atoms with Crippen molar-refractivity contribution < 1.29 is 14.6 Å². The summed E-state index contributed by atoms with van der Waals surface area (Å²) in [6.07, 6.45) is 2.37. The Hall–Kier alpha value is -2.53. The van der Waals surface area contributed by atoms with Gasteiger partial charge in [-0.05, 0) is 54.3 Å². The fourth-order valence-electron chi connectivity index (χ4n) is 3.24. The van der Waals surface area contributed by atoms with E-state index >= 15 is 0 Å². The second-order valence-corrected chi connectivity index (χ2v) is 7.01. The number of nitrogens with zero attached hydrogens (tertiary/aromatic N) is 1. The van der Waals surface area contributed by atoms with Crippen LogP contribution in [0.2, 0.25) is 0 Å². The van der Waals surface area contributed by atoms with Crippen LogP contribution in [-0.2, 0) is 6.42 Å². The van der Waals surface area contributed by atoms with Gasteiger partial charge in [0.2, 0.25) is 0 Å². The summed E-state index contributed by atoms with van der Waals surface area (Å²) in [6, 6.07) is 13.1. The molecule has 3 rings (SSSR count). The molecule has 1 atom stereocenters. The summed E-state index contributed by atoms with van der Waals surface area (Å²) in [6.45, 7) is 3.99. The van der Waals surface area contributed by atoms with Crippen LogP contribution in [0.3, 0.4) is 0 Å². The number of amides is 1. The van der Waals surface area contributed by atoms with Gasteiger partial charge in [-0.15, -0.1) is 0 Å². The lowest BCUT2D eigenvalue weighted by Gasteiger charge is -2.15. The summed E-state index contributed by atoms with van der Waals surface area (Å²) in [7, 11) is 2.07. The highest BCUT2D eigenvalue weighted by Crippen LogP contribution is 2.29. The molecule has 2 aromatic rings. The minimum absolute atomic E-state index is 0.183. The van der Waals surface area contributed by atoms with Crippen LogP contribution in [0, 0.1) is 0 Å². The monoisotopic (exact) mass is 368 g/mol. The molecule has 144 valence electrons. The number of hydrogen-bond acceptors (Lipinski definition) is 4. The van der Waals surface area contributed by atoms with Gasteiger partial charge in [-0.3, -0.25) is 4.79 Å². The number of aliphatic hydroxyl groups is 1. The van der Waals surface area contributed by atoms with Crippen molar-refractivity contribution in [2.24, 2.45) is 0 Å². The predicted molar refractivity (Wildman–Crippen MR) is 108 cm³/mol. The lowest BCUT2D eigenvalue weighted by molar-refractivity contribution is 0.0916. The first-order chi connectivity index (χ1) is 13.1. The summed E-state index contributed by atoms with van der Waals surface area (Å²) in [4.78, 5) is 14.5. The molecule has 1 aliphatic rings. The quantitative estimate of drug-likeness (QED) is 0.702. The maximum absolute atomic E-state index is 12.3. The van der Waals surface area contributed by atoms with E-state index in [9.17, 15) is 9.90 Å². The van der Waals surface area contributed by atoms with Gasteiger partial charge in [0.05, 0.1) is 12.7 Å². The van der Waals surface area contributed by atoms with Gasteiger partial charge in [0, 0.05) is 31.4 Å². The third-order valence-electron chi connectivity index (χ3n) is 4.96. The van der Waals surface area contributed by atoms with Crippen LogP contribution in [0.15, 0.2) is 42.5 Å². The van der Waals surface area contributed by atoms with E-state index in [1.54, 1.807) is 24.3 Å². The average Bonchev–Trinajstić information content (AvgIpc) is 3.07. The van der Waals surface area contributed by atoms with Gasteiger partial charge in [0.15, 0.2) is 0 Å². The van der Waals surface area contributed by atoms with Gasteiger partial charge in [0.25, 0.3) is 5.91 Å². The Balaban J connectivity index is 1.52. The minimum atomic E-state index is -0.721. The van der Waals surface area contributed by atoms with Crippen molar-refractivity contribution in [2.45, 2.75) is 32.3 Å². The van der Waals surface area contributed by atoms with Crippen molar-refractivity contribution in [3.8, 4) is 5.75 Å². The Morgan fingerprint density at radius 1 is 1.26 bits per heavy atom. The molecule has 2 aromatic carbocycles. The van der Waals surface area contributed by atoms with Crippen LogP contribution in [0.25, 0.3) is 0 Å². The van der Waals surface area contributed by atoms with Crippen LogP contribution in [0.4, 0.5) is 5.69 Å². The second-order valence-electron chi connectivity index (χ2n) is 7.01. The van der Waals surface area contributed by atoms with Crippen molar-refractivity contribution in [3.63, 3.8) is 0 Å². The zero-order valence-electron chi connectivity index (χ0n) is 16.1. The lowest BCUT2D eigenvalue weighted by atomic mass is 10.0. The molecule has 27 heavy (non-hydrogen) atoms. The number of ether oxygens (including phenoxy) is 1. The topological polar surface area (TPSA) is 61.8 Å². The van der Waals surface area contributed by atoms with Gasteiger partial charge in [-0.25, -0.2) is 0 Å². The standard InChI is InChI=1S/C22H28N2O3/c1-3-4-13-27-19-8-5-16(6-9-19)22(26)23-15-21(25)18-7-10-20-17(14-18)11-12-24(20)2/h5-10,14,21,25H,3-4,11-13,15H2,1-2H3,(H,23,26). The zero-order valence-corrected chi connectivity index (χ0v) is 16.1. The Morgan fingerprint density at radius 2 is 2.04 bits per heavy atom. The van der Waals surface area contributed by atoms with E-state index in [4.69, 9.17) is 4.74 Å². The van der Waals surface area contributed by atoms with Crippen LogP contribution in [0.1, 0.15) is 47.4 Å². The Bertz CT molecular complexity index is 774. The van der Waals surface area contributed by atoms with Crippen molar-refractivity contribution in [3.05, 3.63) is 59.2 Å². The van der Waals surface area contributed by atoms with Crippen molar-refractivity contribution in [2.75, 3.05) is 31.6 Å². The molecule has 0 aliphatic carbocycles. The number of likely N-dealkylation sites (N-methyl/N-ethyl adjacent to an activating group) is 1. The van der Waals surface area contributed by atoms with E-state index in [1.807, 2.05) is 18.2 Å². The summed E-state index contributed by atoms with van der Waals surface area (Å²) < 4.78 is 5.61. The van der Waals surface area contributed by atoms with Gasteiger partial charge in [0.1, 0.15) is 5.75 Å². The molecule has 1 unspecified atom stereocenters. The van der Waals surface area contributed by atoms with Gasteiger partial charge < -0.3 is 20.1 Å². The van der Waals surface area contributed by atoms with E-state index in [0.717, 1.165) is 37.1 Å². The maximum Gasteiger partial charge on any atom is 0.251 e. The smallest absolute Gasteiger partial charge is 0.251 e. The molecule has 0 saturated heterocycles. The first-order valence-electron chi connectivity index (χ1n) is 9.61. The number of rotatable bonds is 8. The molecule has 1 aliphatic heterocycles. The van der Waals surface area contributed by atoms with E-state index in [0.29, 0.717) is 12.2 Å². The number of hydrogen-bond donors (Lipinski definition) is 2. The minimum Gasteiger partial charge on any atom is -0.494 e. The van der Waals surface area contributed by atoms with Crippen LogP contribution in [0.5, 0.6) is 5.75 Å². The highest BCUT2D eigenvalue weighted by molar-refractivity contribution is 5.94. The van der Waals surface area contributed by atoms with Crippen LogP contribution in [-0.4, -0.2) is 37.8 Å². The molecule has 2 N–H and O–H groups in total. The molecule has 1 amide bonds. The largest absolute Gasteiger partial charge is 0.494 e. The van der Waals surface area contributed by atoms with Crippen molar-refractivity contribution in [1.29, 1.82) is 0 Å². The third kappa shape index (κ3) is 4.80. The molecule has 0 fully saturated rings. The molecular weight excluding hydrogens is 340 g/mol. The van der Waals surface area contributed by atoms with Gasteiger partial charge in [-0.1, -0.05) is 25.5 Å². The number of benzene rings is 2. The highest BCUT2D eigenvalue weighted by Gasteiger charge is 2.18. The SMILES string of the molecule is CCCCOc1ccc(C(=O)NCC(O)c2ccc3c(c2)CCN3C)cc1. The van der Waals surface area contributed by atoms with Gasteiger partial charge >= 0.3 is 0 Å².